The van der Waals surface area contributed by atoms with Crippen molar-refractivity contribution in [2.45, 2.75) is 35.9 Å². The zero-order valence-corrected chi connectivity index (χ0v) is 22.3. The van der Waals surface area contributed by atoms with E-state index in [0.29, 0.717) is 24.5 Å². The molecule has 9 nitrogen and oxygen atoms in total. The van der Waals surface area contributed by atoms with E-state index >= 15 is 0 Å². The van der Waals surface area contributed by atoms with Crippen LogP contribution in [0.1, 0.15) is 34.7 Å². The molecule has 2 atom stereocenters. The van der Waals surface area contributed by atoms with Gasteiger partial charge in [0.05, 0.1) is 25.0 Å². The molecule has 0 aliphatic carbocycles. The zero-order chi connectivity index (χ0) is 28.1. The smallest absolute Gasteiger partial charge is 0.255 e. The van der Waals surface area contributed by atoms with Crippen molar-refractivity contribution in [3.05, 3.63) is 108 Å². The lowest BCUT2D eigenvalue weighted by atomic mass is 9.90. The lowest BCUT2D eigenvalue weighted by Gasteiger charge is -2.37. The first kappa shape index (κ1) is 27.8. The monoisotopic (exact) mass is 567 g/mol. The third-order valence-corrected chi connectivity index (χ3v) is 8.04. The molecule has 0 bridgehead atoms. The summed E-state index contributed by atoms with van der Waals surface area (Å²) in [6.07, 6.45) is 5.33. The quantitative estimate of drug-likeness (QED) is 0.308. The molecule has 0 unspecified atom stereocenters. The average Bonchev–Trinajstić information content (AvgIpc) is 3.47. The Morgan fingerprint density at radius 1 is 1.12 bits per heavy atom. The molecule has 1 aliphatic heterocycles. The number of thioether (sulfide) groups is 1. The fourth-order valence-electron chi connectivity index (χ4n) is 4.42. The largest absolute Gasteiger partial charge is 0.382 e. The Kier molecular flexibility index (Phi) is 8.50. The maximum Gasteiger partial charge on any atom is 0.255 e. The van der Waals surface area contributed by atoms with Crippen LogP contribution in [0.25, 0.3) is 0 Å². The van der Waals surface area contributed by atoms with E-state index in [9.17, 15) is 18.7 Å². The molecule has 0 saturated carbocycles. The molecule has 12 heteroatoms. The van der Waals surface area contributed by atoms with Crippen molar-refractivity contribution >= 4 is 23.4 Å². The van der Waals surface area contributed by atoms with Crippen molar-refractivity contribution in [2.75, 3.05) is 18.5 Å². The number of benzene rings is 2. The van der Waals surface area contributed by atoms with Gasteiger partial charge in [-0.2, -0.15) is 5.10 Å². The van der Waals surface area contributed by atoms with Gasteiger partial charge in [0, 0.05) is 46.1 Å². The van der Waals surface area contributed by atoms with E-state index in [4.69, 9.17) is 9.47 Å². The van der Waals surface area contributed by atoms with E-state index in [0.717, 1.165) is 17.7 Å². The zero-order valence-electron chi connectivity index (χ0n) is 21.5. The summed E-state index contributed by atoms with van der Waals surface area (Å²) in [5, 5.41) is 17.9. The van der Waals surface area contributed by atoms with Crippen molar-refractivity contribution < 1.29 is 28.2 Å². The van der Waals surface area contributed by atoms with Crippen LogP contribution in [0.15, 0.2) is 79.6 Å². The minimum Gasteiger partial charge on any atom is -0.382 e. The summed E-state index contributed by atoms with van der Waals surface area (Å²) < 4.78 is 41.7. The van der Waals surface area contributed by atoms with E-state index in [1.165, 1.54) is 35.2 Å². The van der Waals surface area contributed by atoms with E-state index in [2.05, 4.69) is 20.4 Å². The summed E-state index contributed by atoms with van der Waals surface area (Å²) in [7, 11) is 0. The van der Waals surface area contributed by atoms with Crippen molar-refractivity contribution in [2.24, 2.45) is 0 Å². The summed E-state index contributed by atoms with van der Waals surface area (Å²) in [6, 6.07) is 13.5. The number of aromatic nitrogens is 4. The molecule has 2 aromatic heterocycles. The van der Waals surface area contributed by atoms with E-state index < -0.39 is 28.8 Å². The highest BCUT2D eigenvalue weighted by Crippen LogP contribution is 2.39. The predicted molar refractivity (Wildman–Crippen MR) is 144 cm³/mol. The second-order valence-electron chi connectivity index (χ2n) is 9.35. The molecule has 0 radical (unpaired) electrons. The van der Waals surface area contributed by atoms with Gasteiger partial charge in [-0.25, -0.2) is 18.4 Å². The normalized spacial score (nSPS) is 19.5. The molecule has 1 amide bonds. The van der Waals surface area contributed by atoms with Gasteiger partial charge >= 0.3 is 0 Å². The van der Waals surface area contributed by atoms with Crippen LogP contribution < -0.4 is 5.32 Å². The van der Waals surface area contributed by atoms with Crippen molar-refractivity contribution in [3.63, 3.8) is 0 Å². The van der Waals surface area contributed by atoms with E-state index in [1.54, 1.807) is 55.7 Å². The molecule has 0 spiro atoms. The number of amides is 1. The number of rotatable bonds is 9. The first-order chi connectivity index (χ1) is 19.3. The van der Waals surface area contributed by atoms with Crippen LogP contribution in [-0.2, 0) is 21.6 Å². The molecule has 1 aliphatic rings. The predicted octanol–water partition coefficient (Wildman–Crippen LogP) is 4.33. The fraction of sp³-hybridized carbons (Fsp3) is 0.286. The molecular weight excluding hydrogens is 540 g/mol. The number of nitrogens with zero attached hydrogens (tertiary/aromatic N) is 4. The van der Waals surface area contributed by atoms with Crippen molar-refractivity contribution in [1.82, 2.24) is 19.7 Å². The third-order valence-electron chi connectivity index (χ3n) is 6.59. The fourth-order valence-corrected chi connectivity index (χ4v) is 5.74. The van der Waals surface area contributed by atoms with Crippen LogP contribution in [0, 0.1) is 11.6 Å². The van der Waals surface area contributed by atoms with Crippen LogP contribution in [0.5, 0.6) is 0 Å². The number of anilines is 1. The summed E-state index contributed by atoms with van der Waals surface area (Å²) in [4.78, 5) is 20.3. The number of nitrogens with one attached hydrogen (secondary N) is 1. The number of halogens is 2. The Labute approximate surface area is 233 Å². The summed E-state index contributed by atoms with van der Waals surface area (Å²) >= 11 is 1.38. The van der Waals surface area contributed by atoms with Gasteiger partial charge in [0.15, 0.2) is 6.29 Å². The van der Waals surface area contributed by atoms with Crippen LogP contribution in [-0.4, -0.2) is 54.5 Å². The molecule has 1 saturated heterocycles. The molecule has 40 heavy (non-hydrogen) atoms. The van der Waals surface area contributed by atoms with Crippen LogP contribution in [0.4, 0.5) is 14.5 Å². The number of aliphatic hydroxyl groups is 1. The molecule has 208 valence electrons. The molecule has 4 aromatic rings. The molecule has 5 rings (SSSR count). The molecule has 2 aromatic carbocycles. The number of carbonyl (C=O) groups excluding carboxylic acids is 1. The lowest BCUT2D eigenvalue weighted by molar-refractivity contribution is -0.180. The lowest BCUT2D eigenvalue weighted by Crippen LogP contribution is -2.43. The standard InChI is InChI=1S/C28H27F2N5O4S/c1-18(28(37,15-35-17-32-16-33-35)24-7-6-21(29)12-25(24)30)40-23-13-38-27(39-14-23)20-4-2-19(3-5-20)26(36)34-22-8-10-31-11-9-22/h2-12,16-18,23,27,37H,13-15H2,1H3,(H,31,34,36)/t18-,23?,27?,28-/m1/s1. The Morgan fingerprint density at radius 2 is 1.85 bits per heavy atom. The van der Waals surface area contributed by atoms with Gasteiger partial charge in [0.2, 0.25) is 0 Å². The van der Waals surface area contributed by atoms with Crippen LogP contribution in [0.3, 0.4) is 0 Å². The van der Waals surface area contributed by atoms with Crippen LogP contribution >= 0.6 is 11.8 Å². The second kappa shape index (κ2) is 12.2. The van der Waals surface area contributed by atoms with Gasteiger partial charge < -0.3 is 19.9 Å². The van der Waals surface area contributed by atoms with Crippen molar-refractivity contribution in [3.8, 4) is 0 Å². The summed E-state index contributed by atoms with van der Waals surface area (Å²) in [6.45, 7) is 2.32. The van der Waals surface area contributed by atoms with Gasteiger partial charge in [0.1, 0.15) is 29.9 Å². The molecular formula is C28H27F2N5O4S. The van der Waals surface area contributed by atoms with Gasteiger partial charge in [-0.1, -0.05) is 25.1 Å². The third kappa shape index (κ3) is 6.36. The molecule has 1 fully saturated rings. The second-order valence-corrected chi connectivity index (χ2v) is 11.0. The number of ether oxygens (including phenoxy) is 2. The number of pyridine rings is 1. The highest BCUT2D eigenvalue weighted by Gasteiger charge is 2.41. The van der Waals surface area contributed by atoms with Gasteiger partial charge in [-0.05, 0) is 30.3 Å². The Balaban J connectivity index is 1.21. The highest BCUT2D eigenvalue weighted by molar-refractivity contribution is 8.00. The minimum absolute atomic E-state index is 0.0343. The Morgan fingerprint density at radius 3 is 2.50 bits per heavy atom. The first-order valence-corrected chi connectivity index (χ1v) is 13.5. The SMILES string of the molecule is C[C@@H](SC1COC(c2ccc(C(=O)Nc3ccncc3)cc2)OC1)[C@](O)(Cn1cncn1)c1ccc(F)cc1F. The van der Waals surface area contributed by atoms with Crippen LogP contribution in [0.2, 0.25) is 0 Å². The molecule has 2 N–H and O–H groups in total. The maximum atomic E-state index is 14.8. The Hall–Kier alpha value is -3.71. The topological polar surface area (TPSA) is 111 Å². The van der Waals surface area contributed by atoms with Gasteiger partial charge in [-0.3, -0.25) is 9.78 Å². The maximum absolute atomic E-state index is 14.8. The number of hydrogen-bond acceptors (Lipinski definition) is 8. The van der Waals surface area contributed by atoms with Gasteiger partial charge in [-0.15, -0.1) is 11.8 Å². The average molecular weight is 568 g/mol. The number of carbonyl (C=O) groups is 1. The number of hydrogen-bond donors (Lipinski definition) is 2. The molecule has 3 heterocycles. The summed E-state index contributed by atoms with van der Waals surface area (Å²) in [5.41, 5.74) is 0.134. The van der Waals surface area contributed by atoms with E-state index in [-0.39, 0.29) is 23.3 Å². The highest BCUT2D eigenvalue weighted by atomic mass is 32.2. The van der Waals surface area contributed by atoms with Gasteiger partial charge in [0.25, 0.3) is 5.91 Å². The van der Waals surface area contributed by atoms with E-state index in [1.807, 2.05) is 0 Å². The minimum atomic E-state index is -1.72. The summed E-state index contributed by atoms with van der Waals surface area (Å²) in [5.74, 6) is -1.82. The Bertz CT molecular complexity index is 1420. The first-order valence-electron chi connectivity index (χ1n) is 12.5. The van der Waals surface area contributed by atoms with Crippen molar-refractivity contribution in [1.29, 1.82) is 0 Å².